The molecular weight excluding hydrogens is 214 g/mol. The summed E-state index contributed by atoms with van der Waals surface area (Å²) in [5.74, 6) is -0.833. The highest BCUT2D eigenvalue weighted by Gasteiger charge is 2.41. The lowest BCUT2D eigenvalue weighted by molar-refractivity contribution is -0.134. The molecule has 1 N–H and O–H groups in total. The first-order chi connectivity index (χ1) is 7.08. The molecule has 0 bridgehead atoms. The van der Waals surface area contributed by atoms with E-state index in [-0.39, 0.29) is 11.8 Å². The number of hydrogen-bond donors (Lipinski definition) is 1. The van der Waals surface area contributed by atoms with Crippen LogP contribution in [0.25, 0.3) is 0 Å². The van der Waals surface area contributed by atoms with Crippen molar-refractivity contribution in [3.8, 4) is 0 Å². The van der Waals surface area contributed by atoms with Crippen LogP contribution in [0.2, 0.25) is 12.6 Å². The summed E-state index contributed by atoms with van der Waals surface area (Å²) in [7, 11) is -2.15. The highest BCUT2D eigenvalue weighted by molar-refractivity contribution is 6.82. The van der Waals surface area contributed by atoms with Crippen molar-refractivity contribution < 1.29 is 19.4 Å². The maximum atomic E-state index is 10.8. The molecule has 1 saturated heterocycles. The lowest BCUT2D eigenvalue weighted by atomic mass is 10.4. The van der Waals surface area contributed by atoms with Gasteiger partial charge in [-0.3, -0.25) is 4.79 Å². The molecule has 0 aromatic rings. The lowest BCUT2D eigenvalue weighted by Gasteiger charge is -2.28. The van der Waals surface area contributed by atoms with Gasteiger partial charge in [-0.05, 0) is 12.8 Å². The second-order valence-corrected chi connectivity index (χ2v) is 8.76. The van der Waals surface area contributed by atoms with E-state index in [1.165, 1.54) is 6.08 Å². The monoisotopic (exact) mass is 229 g/mol. The summed E-state index contributed by atoms with van der Waals surface area (Å²) >= 11 is 0. The average Bonchev–Trinajstić information content (AvgIpc) is 2.66. The molecule has 0 saturated carbocycles. The van der Waals surface area contributed by atoms with Gasteiger partial charge in [0.05, 0.1) is 5.73 Å². The summed E-state index contributed by atoms with van der Waals surface area (Å²) in [6, 6.07) is 0.100. The highest BCUT2D eigenvalue weighted by atomic mass is 28.3. The molecule has 2 unspecified atom stereocenters. The van der Waals surface area contributed by atoms with Crippen molar-refractivity contribution in [1.82, 2.24) is 0 Å². The molecule has 0 radical (unpaired) electrons. The summed E-state index contributed by atoms with van der Waals surface area (Å²) in [6.45, 7) is 2.62. The van der Waals surface area contributed by atoms with E-state index in [2.05, 4.69) is 4.99 Å². The van der Waals surface area contributed by atoms with Crippen LogP contribution >= 0.6 is 0 Å². The number of rotatable bonds is 5. The minimum absolute atomic E-state index is 0.0192. The van der Waals surface area contributed by atoms with Crippen LogP contribution in [0.5, 0.6) is 0 Å². The largest absolute Gasteiger partial charge is 0.481 e. The van der Waals surface area contributed by atoms with Gasteiger partial charge in [-0.2, -0.15) is 0 Å². The average molecular weight is 229 g/mol. The smallest absolute Gasteiger partial charge is 0.300 e. The first kappa shape index (κ1) is 12.1. The predicted octanol–water partition coefficient (Wildman–Crippen LogP) is 0.743. The maximum Gasteiger partial charge on any atom is 0.300 e. The minimum atomic E-state index is -2.15. The van der Waals surface area contributed by atoms with Gasteiger partial charge in [0.2, 0.25) is 6.08 Å². The van der Waals surface area contributed by atoms with Gasteiger partial charge in [0.1, 0.15) is 8.07 Å². The van der Waals surface area contributed by atoms with E-state index in [1.807, 2.05) is 6.55 Å². The first-order valence-electron chi connectivity index (χ1n) is 4.95. The fourth-order valence-electron chi connectivity index (χ4n) is 1.96. The Morgan fingerprint density at radius 2 is 2.47 bits per heavy atom. The van der Waals surface area contributed by atoms with Crippen LogP contribution in [0.3, 0.4) is 0 Å². The quantitative estimate of drug-likeness (QED) is 0.428. The van der Waals surface area contributed by atoms with Crippen molar-refractivity contribution >= 4 is 20.1 Å². The van der Waals surface area contributed by atoms with E-state index in [9.17, 15) is 9.59 Å². The number of carbonyl (C=O) groups excluding carboxylic acids is 1. The number of nitrogens with zero attached hydrogens (tertiary/aromatic N) is 1. The number of ether oxygens (including phenoxy) is 1. The molecule has 0 aromatic heterocycles. The van der Waals surface area contributed by atoms with Gasteiger partial charge in [0.15, 0.2) is 0 Å². The Morgan fingerprint density at radius 1 is 1.73 bits per heavy atom. The molecule has 1 aliphatic heterocycles. The van der Waals surface area contributed by atoms with Gasteiger partial charge in [0, 0.05) is 18.8 Å². The van der Waals surface area contributed by atoms with E-state index in [1.54, 1.807) is 0 Å². The van der Waals surface area contributed by atoms with Crippen LogP contribution in [0.15, 0.2) is 4.99 Å². The fourth-order valence-corrected chi connectivity index (χ4v) is 5.04. The maximum absolute atomic E-state index is 10.8. The third-order valence-corrected chi connectivity index (χ3v) is 6.77. The van der Waals surface area contributed by atoms with Crippen LogP contribution in [-0.2, 0) is 14.3 Å². The minimum Gasteiger partial charge on any atom is -0.481 e. The van der Waals surface area contributed by atoms with E-state index in [0.717, 1.165) is 12.8 Å². The van der Waals surface area contributed by atoms with Gasteiger partial charge < -0.3 is 9.84 Å². The number of aliphatic imine (C=N–C) groups is 1. The molecule has 84 valence electrons. The van der Waals surface area contributed by atoms with E-state index >= 15 is 0 Å². The molecule has 6 heteroatoms. The Balaban J connectivity index is 2.72. The Bertz CT molecular complexity index is 278. The summed E-state index contributed by atoms with van der Waals surface area (Å²) in [5.41, 5.74) is 0.0192. The summed E-state index contributed by atoms with van der Waals surface area (Å²) in [5, 5.41) is 8.85. The highest BCUT2D eigenvalue weighted by Crippen LogP contribution is 2.26. The molecule has 1 fully saturated rings. The Morgan fingerprint density at radius 3 is 2.93 bits per heavy atom. The molecule has 1 heterocycles. The van der Waals surface area contributed by atoms with Gasteiger partial charge in [-0.25, -0.2) is 9.79 Å². The van der Waals surface area contributed by atoms with Crippen molar-refractivity contribution in [2.45, 2.75) is 31.2 Å². The Kier molecular flexibility index (Phi) is 4.20. The van der Waals surface area contributed by atoms with Crippen LogP contribution in [-0.4, -0.2) is 43.7 Å². The second kappa shape index (κ2) is 5.20. The van der Waals surface area contributed by atoms with Gasteiger partial charge in [0.25, 0.3) is 0 Å². The number of carboxylic acid groups (broad SMARTS) is 1. The Hall–Kier alpha value is -0.973. The zero-order valence-electron chi connectivity index (χ0n) is 8.73. The van der Waals surface area contributed by atoms with Crippen LogP contribution in [0.4, 0.5) is 0 Å². The zero-order valence-corrected chi connectivity index (χ0v) is 9.73. The number of carbonyl (C=O) groups is 1. The fraction of sp³-hybridized carbons (Fsp3) is 0.778. The van der Waals surface area contributed by atoms with Crippen LogP contribution < -0.4 is 0 Å². The summed E-state index contributed by atoms with van der Waals surface area (Å²) < 4.78 is 5.52. The molecule has 0 aromatic carbocycles. The third kappa shape index (κ3) is 3.26. The number of isocyanates is 1. The van der Waals surface area contributed by atoms with Crippen molar-refractivity contribution in [2.24, 2.45) is 4.99 Å². The van der Waals surface area contributed by atoms with Crippen molar-refractivity contribution in [3.63, 3.8) is 0 Å². The standard InChI is InChI=1S/C9H15NO4Si/c1-15(5-8(12)13,7-10-6-11)9-3-2-4-14-9/h9H,2-5,7H2,1H3,(H,12,13). The SMILES string of the molecule is C[Si](CN=C=O)(CC(=O)O)C1CCCO1. The van der Waals surface area contributed by atoms with Gasteiger partial charge >= 0.3 is 5.97 Å². The van der Waals surface area contributed by atoms with Crippen LogP contribution in [0, 0.1) is 0 Å². The molecule has 5 nitrogen and oxygen atoms in total. The zero-order chi connectivity index (χ0) is 11.3. The molecule has 1 rings (SSSR count). The number of carboxylic acids is 1. The van der Waals surface area contributed by atoms with Crippen molar-refractivity contribution in [3.05, 3.63) is 0 Å². The normalized spacial score (nSPS) is 24.2. The summed E-state index contributed by atoms with van der Waals surface area (Å²) in [4.78, 5) is 24.4. The molecule has 15 heavy (non-hydrogen) atoms. The van der Waals surface area contributed by atoms with Gasteiger partial charge in [-0.1, -0.05) is 6.55 Å². The van der Waals surface area contributed by atoms with Crippen LogP contribution in [0.1, 0.15) is 12.8 Å². The number of aliphatic carboxylic acids is 1. The topological polar surface area (TPSA) is 76.0 Å². The van der Waals surface area contributed by atoms with Crippen molar-refractivity contribution in [2.75, 3.05) is 12.8 Å². The van der Waals surface area contributed by atoms with Crippen molar-refractivity contribution in [1.29, 1.82) is 0 Å². The van der Waals surface area contributed by atoms with E-state index < -0.39 is 14.0 Å². The molecule has 0 spiro atoms. The lowest BCUT2D eigenvalue weighted by Crippen LogP contribution is -2.49. The number of hydrogen-bond acceptors (Lipinski definition) is 4. The first-order valence-corrected chi connectivity index (χ1v) is 7.95. The molecule has 0 amide bonds. The van der Waals surface area contributed by atoms with Gasteiger partial charge in [-0.15, -0.1) is 0 Å². The van der Waals surface area contributed by atoms with E-state index in [0.29, 0.717) is 12.8 Å². The van der Waals surface area contributed by atoms with E-state index in [4.69, 9.17) is 9.84 Å². The molecule has 2 atom stereocenters. The molecular formula is C9H15NO4Si. The molecule has 1 aliphatic rings. The molecule has 0 aliphatic carbocycles. The Labute approximate surface area is 89.2 Å². The second-order valence-electron chi connectivity index (χ2n) is 4.13. The summed E-state index contributed by atoms with van der Waals surface area (Å²) in [6.07, 6.45) is 3.64. The predicted molar refractivity (Wildman–Crippen MR) is 56.0 cm³/mol. The third-order valence-electron chi connectivity index (χ3n) is 2.77.